The summed E-state index contributed by atoms with van der Waals surface area (Å²) in [6.45, 7) is 2.06. The summed E-state index contributed by atoms with van der Waals surface area (Å²) >= 11 is 6.77. The van der Waals surface area contributed by atoms with E-state index < -0.39 is 0 Å². The lowest BCUT2D eigenvalue weighted by Crippen LogP contribution is -2.36. The lowest BCUT2D eigenvalue weighted by atomic mass is 10.1. The van der Waals surface area contributed by atoms with Crippen molar-refractivity contribution in [3.05, 3.63) is 34.3 Å². The van der Waals surface area contributed by atoms with E-state index in [9.17, 15) is 4.79 Å². The number of halogens is 2. The summed E-state index contributed by atoms with van der Waals surface area (Å²) in [4.78, 5) is 11.7. The first-order valence-corrected chi connectivity index (χ1v) is 7.17. The van der Waals surface area contributed by atoms with E-state index >= 15 is 0 Å². The average molecular weight is 349 g/mol. The van der Waals surface area contributed by atoms with Gasteiger partial charge in [0.25, 0.3) is 0 Å². The van der Waals surface area contributed by atoms with Crippen molar-refractivity contribution in [2.24, 2.45) is 0 Å². The number of alkyl halides is 1. The molecule has 88 valence electrons. The summed E-state index contributed by atoms with van der Waals surface area (Å²) in [5.41, 5.74) is 1.02. The number of nitrogens with one attached hydrogen (secondary N) is 1. The second kappa shape index (κ2) is 7.07. The molecule has 1 aromatic rings. The Morgan fingerprint density at radius 2 is 2.25 bits per heavy atom. The maximum Gasteiger partial charge on any atom is 0.224 e. The summed E-state index contributed by atoms with van der Waals surface area (Å²) in [6, 6.07) is 8.04. The Morgan fingerprint density at radius 3 is 2.81 bits per heavy atom. The van der Waals surface area contributed by atoms with Crippen molar-refractivity contribution in [1.29, 1.82) is 0 Å². The molecule has 1 unspecified atom stereocenters. The molecule has 0 radical (unpaired) electrons. The van der Waals surface area contributed by atoms with Gasteiger partial charge in [0, 0.05) is 15.8 Å². The van der Waals surface area contributed by atoms with E-state index in [1.54, 1.807) is 0 Å². The van der Waals surface area contributed by atoms with Crippen molar-refractivity contribution < 1.29 is 4.79 Å². The van der Waals surface area contributed by atoms with Crippen LogP contribution in [0.25, 0.3) is 0 Å². The highest BCUT2D eigenvalue weighted by Gasteiger charge is 2.09. The summed E-state index contributed by atoms with van der Waals surface area (Å²) in [5.74, 6) is 0.0735. The minimum Gasteiger partial charge on any atom is -0.352 e. The number of hydrogen-bond donors (Lipinski definition) is 1. The number of rotatable bonds is 5. The van der Waals surface area contributed by atoms with Crippen molar-refractivity contribution in [3.63, 3.8) is 0 Å². The van der Waals surface area contributed by atoms with Gasteiger partial charge in [-0.05, 0) is 24.1 Å². The zero-order chi connectivity index (χ0) is 12.0. The molecule has 1 aromatic carbocycles. The summed E-state index contributed by atoms with van der Waals surface area (Å²) in [5, 5.41) is 3.78. The molecule has 0 heterocycles. The molecule has 1 N–H and O–H groups in total. The largest absolute Gasteiger partial charge is 0.352 e. The van der Waals surface area contributed by atoms with Crippen LogP contribution in [0.4, 0.5) is 0 Å². The number of carbonyl (C=O) groups excluding carboxylic acids is 1. The minimum atomic E-state index is 0.0735. The Balaban J connectivity index is 2.51. The molecule has 0 saturated heterocycles. The van der Waals surface area contributed by atoms with Gasteiger partial charge in [-0.25, -0.2) is 0 Å². The molecule has 0 aliphatic rings. The Bertz CT molecular complexity index is 351. The van der Waals surface area contributed by atoms with Crippen LogP contribution in [0.1, 0.15) is 18.9 Å². The Hall–Kier alpha value is -0.350. The van der Waals surface area contributed by atoms with Crippen LogP contribution in [-0.4, -0.2) is 17.3 Å². The predicted octanol–water partition coefficient (Wildman–Crippen LogP) is 3.28. The number of benzene rings is 1. The quantitative estimate of drug-likeness (QED) is 0.813. The van der Waals surface area contributed by atoms with Crippen LogP contribution in [0.3, 0.4) is 0 Å². The van der Waals surface area contributed by atoms with E-state index in [0.29, 0.717) is 6.42 Å². The van der Waals surface area contributed by atoms with Crippen LogP contribution >= 0.6 is 31.9 Å². The van der Waals surface area contributed by atoms with Crippen molar-refractivity contribution in [1.82, 2.24) is 5.32 Å². The van der Waals surface area contributed by atoms with Gasteiger partial charge in [-0.1, -0.05) is 50.9 Å². The summed E-state index contributed by atoms with van der Waals surface area (Å²) < 4.78 is 1.00. The van der Waals surface area contributed by atoms with Gasteiger partial charge in [-0.2, -0.15) is 0 Å². The van der Waals surface area contributed by atoms with Gasteiger partial charge < -0.3 is 5.32 Å². The highest BCUT2D eigenvalue weighted by Crippen LogP contribution is 2.12. The molecule has 0 fully saturated rings. The second-order valence-corrected chi connectivity index (χ2v) is 5.20. The monoisotopic (exact) mass is 347 g/mol. The molecule has 1 amide bonds. The molecule has 0 spiro atoms. The molecule has 0 aliphatic heterocycles. The summed E-state index contributed by atoms with van der Waals surface area (Å²) in [7, 11) is 0. The highest BCUT2D eigenvalue weighted by atomic mass is 79.9. The van der Waals surface area contributed by atoms with Crippen LogP contribution in [0, 0.1) is 0 Å². The van der Waals surface area contributed by atoms with Crippen molar-refractivity contribution in [3.8, 4) is 0 Å². The molecular formula is C12H15Br2NO. The Morgan fingerprint density at radius 1 is 1.50 bits per heavy atom. The van der Waals surface area contributed by atoms with E-state index in [-0.39, 0.29) is 11.9 Å². The maximum atomic E-state index is 11.7. The molecule has 16 heavy (non-hydrogen) atoms. The van der Waals surface area contributed by atoms with Gasteiger partial charge in [0.2, 0.25) is 5.91 Å². The first-order chi connectivity index (χ1) is 7.65. The lowest BCUT2D eigenvalue weighted by Gasteiger charge is -2.13. The highest BCUT2D eigenvalue weighted by molar-refractivity contribution is 9.10. The molecule has 1 atom stereocenters. The zero-order valence-electron chi connectivity index (χ0n) is 9.17. The Labute approximate surface area is 113 Å². The van der Waals surface area contributed by atoms with Crippen molar-refractivity contribution in [2.75, 3.05) is 5.33 Å². The molecular weight excluding hydrogens is 334 g/mol. The SMILES string of the molecule is CCC(CBr)NC(=O)Cc1cccc(Br)c1. The van der Waals surface area contributed by atoms with E-state index in [1.165, 1.54) is 0 Å². The number of carbonyl (C=O) groups is 1. The van der Waals surface area contributed by atoms with Crippen LogP contribution in [0.2, 0.25) is 0 Å². The van der Waals surface area contributed by atoms with Gasteiger partial charge in [-0.15, -0.1) is 0 Å². The van der Waals surface area contributed by atoms with Crippen LogP contribution in [-0.2, 0) is 11.2 Å². The second-order valence-electron chi connectivity index (χ2n) is 3.63. The zero-order valence-corrected chi connectivity index (χ0v) is 12.3. The van der Waals surface area contributed by atoms with E-state index in [4.69, 9.17) is 0 Å². The maximum absolute atomic E-state index is 11.7. The fourth-order valence-corrected chi connectivity index (χ4v) is 2.43. The van der Waals surface area contributed by atoms with Crippen molar-refractivity contribution >= 4 is 37.8 Å². The van der Waals surface area contributed by atoms with Crippen LogP contribution < -0.4 is 5.32 Å². The molecule has 0 bridgehead atoms. The smallest absolute Gasteiger partial charge is 0.224 e. The van der Waals surface area contributed by atoms with Crippen LogP contribution in [0.15, 0.2) is 28.7 Å². The third kappa shape index (κ3) is 4.66. The standard InChI is InChI=1S/C12H15Br2NO/c1-2-11(8-13)15-12(16)7-9-4-3-5-10(14)6-9/h3-6,11H,2,7-8H2,1H3,(H,15,16). The molecule has 0 saturated carbocycles. The van der Waals surface area contributed by atoms with Crippen molar-refractivity contribution in [2.45, 2.75) is 25.8 Å². The molecule has 1 rings (SSSR count). The number of hydrogen-bond acceptors (Lipinski definition) is 1. The van der Waals surface area contributed by atoms with Gasteiger partial charge in [-0.3, -0.25) is 4.79 Å². The topological polar surface area (TPSA) is 29.1 Å². The predicted molar refractivity (Wildman–Crippen MR) is 73.9 cm³/mol. The number of amides is 1. The third-order valence-corrected chi connectivity index (χ3v) is 3.57. The van der Waals surface area contributed by atoms with Gasteiger partial charge in [0.1, 0.15) is 0 Å². The molecule has 2 nitrogen and oxygen atoms in total. The third-order valence-electron chi connectivity index (χ3n) is 2.30. The van der Waals surface area contributed by atoms with Gasteiger partial charge in [0.15, 0.2) is 0 Å². The van der Waals surface area contributed by atoms with Gasteiger partial charge >= 0.3 is 0 Å². The average Bonchev–Trinajstić information content (AvgIpc) is 2.26. The van der Waals surface area contributed by atoms with E-state index in [1.807, 2.05) is 24.3 Å². The normalized spacial score (nSPS) is 12.2. The fourth-order valence-electron chi connectivity index (χ4n) is 1.36. The molecule has 4 heteroatoms. The molecule has 0 aromatic heterocycles. The van der Waals surface area contributed by atoms with Gasteiger partial charge in [0.05, 0.1) is 6.42 Å². The Kier molecular flexibility index (Phi) is 6.06. The summed E-state index contributed by atoms with van der Waals surface area (Å²) in [6.07, 6.45) is 1.37. The fraction of sp³-hybridized carbons (Fsp3) is 0.417. The first-order valence-electron chi connectivity index (χ1n) is 5.25. The minimum absolute atomic E-state index is 0.0735. The lowest BCUT2D eigenvalue weighted by molar-refractivity contribution is -0.121. The van der Waals surface area contributed by atoms with E-state index in [0.717, 1.165) is 21.8 Å². The van der Waals surface area contributed by atoms with E-state index in [2.05, 4.69) is 44.1 Å². The van der Waals surface area contributed by atoms with Crippen LogP contribution in [0.5, 0.6) is 0 Å². The molecule has 0 aliphatic carbocycles. The first kappa shape index (κ1) is 13.7.